The predicted molar refractivity (Wildman–Crippen MR) is 266 cm³/mol. The topological polar surface area (TPSA) is 131 Å². The normalized spacial score (nSPS) is 13.7. The molecular weight excluding hydrogens is 810 g/mol. The molecule has 3 N–H and O–H groups in total. The zero-order valence-corrected chi connectivity index (χ0v) is 41.4. The molecule has 0 saturated carbocycles. The molecule has 2 atom stereocenters. The molecule has 0 fully saturated rings. The number of phosphoric acid groups is 1. The Labute approximate surface area is 387 Å². The third kappa shape index (κ3) is 50.6. The lowest BCUT2D eigenvalue weighted by Crippen LogP contribution is -2.27. The van der Waals surface area contributed by atoms with Crippen molar-refractivity contribution >= 4 is 19.7 Å². The van der Waals surface area contributed by atoms with E-state index in [1.807, 2.05) is 0 Å². The van der Waals surface area contributed by atoms with Gasteiger partial charge in [0.1, 0.15) is 12.7 Å². The first-order valence-electron chi connectivity index (χ1n) is 25.8. The molecule has 0 saturated heterocycles. The second kappa shape index (κ2) is 49.2. The van der Waals surface area contributed by atoms with Crippen molar-refractivity contribution in [2.75, 3.05) is 26.4 Å². The Morgan fingerprint density at radius 2 is 0.857 bits per heavy atom. The van der Waals surface area contributed by atoms with E-state index in [-0.39, 0.29) is 32.1 Å². The number of ether oxygens (including phenoxy) is 1. The van der Waals surface area contributed by atoms with E-state index in [0.29, 0.717) is 6.42 Å². The highest BCUT2D eigenvalue weighted by atomic mass is 31.2. The zero-order chi connectivity index (χ0) is 46.0. The fourth-order valence-electron chi connectivity index (χ4n) is 7.01. The molecule has 0 aliphatic heterocycles. The number of carbonyl (C=O) groups is 2. The van der Waals surface area contributed by atoms with Gasteiger partial charge in [0, 0.05) is 19.4 Å². The molecule has 9 nitrogen and oxygen atoms in total. The second-order valence-electron chi connectivity index (χ2n) is 17.1. The van der Waals surface area contributed by atoms with Gasteiger partial charge in [0.25, 0.3) is 0 Å². The van der Waals surface area contributed by atoms with E-state index in [0.717, 1.165) is 64.2 Å². The number of allylic oxidation sites excluding steroid dienone is 10. The second-order valence-corrected chi connectivity index (χ2v) is 18.6. The van der Waals surface area contributed by atoms with Gasteiger partial charge >= 0.3 is 13.8 Å². The summed E-state index contributed by atoms with van der Waals surface area (Å²) in [6.07, 6.45) is 60.2. The van der Waals surface area contributed by atoms with Crippen LogP contribution < -0.4 is 5.32 Å². The number of esters is 1. The molecule has 0 heterocycles. The standard InChI is InChI=1S/C53H96NO8P/c1-3-5-7-9-11-13-15-17-19-21-23-24-25-26-28-30-32-34-36-38-40-42-44-46-53(57)60-49-51(55)50-62-63(58,59)61-48-47-54-52(56)45-43-41-39-37-35-33-31-29-27-22-20-18-16-14-12-10-8-6-4-2/h12,14,17-20,27,29,33,35,51,55H,3-11,13,15-16,21-26,28,30-32,34,36-50H2,1-2H3,(H,54,56)(H,58,59)/b14-12-,19-17+,20-18-,29-27-,35-33-. The summed E-state index contributed by atoms with van der Waals surface area (Å²) < 4.78 is 27.0. The molecule has 0 aliphatic carbocycles. The van der Waals surface area contributed by atoms with Crippen molar-refractivity contribution in [3.8, 4) is 0 Å². The van der Waals surface area contributed by atoms with Gasteiger partial charge in [0.2, 0.25) is 5.91 Å². The Hall–Kier alpha value is -2.29. The van der Waals surface area contributed by atoms with Crippen LogP contribution in [0.15, 0.2) is 60.8 Å². The van der Waals surface area contributed by atoms with Crippen molar-refractivity contribution < 1.29 is 37.9 Å². The third-order valence-corrected chi connectivity index (χ3v) is 11.9. The molecule has 0 aromatic carbocycles. The molecule has 0 aromatic rings. The number of unbranched alkanes of at least 4 members (excludes halogenated alkanes) is 25. The number of nitrogens with one attached hydrogen (secondary N) is 1. The summed E-state index contributed by atoms with van der Waals surface area (Å²) >= 11 is 0. The summed E-state index contributed by atoms with van der Waals surface area (Å²) in [6, 6.07) is 0. The molecule has 63 heavy (non-hydrogen) atoms. The molecule has 0 rings (SSSR count). The summed E-state index contributed by atoms with van der Waals surface area (Å²) in [7, 11) is -4.43. The first-order valence-corrected chi connectivity index (χ1v) is 27.3. The van der Waals surface area contributed by atoms with Crippen LogP contribution in [0.3, 0.4) is 0 Å². The quantitative estimate of drug-likeness (QED) is 0.0238. The molecule has 10 heteroatoms. The van der Waals surface area contributed by atoms with E-state index < -0.39 is 26.5 Å². The van der Waals surface area contributed by atoms with Crippen molar-refractivity contribution in [2.24, 2.45) is 0 Å². The smallest absolute Gasteiger partial charge is 0.463 e. The van der Waals surface area contributed by atoms with Gasteiger partial charge < -0.3 is 20.1 Å². The lowest BCUT2D eigenvalue weighted by atomic mass is 10.0. The molecule has 0 radical (unpaired) electrons. The molecule has 0 aromatic heterocycles. The number of aliphatic hydroxyl groups is 1. The summed E-state index contributed by atoms with van der Waals surface area (Å²) in [5, 5.41) is 12.7. The van der Waals surface area contributed by atoms with Crippen molar-refractivity contribution in [2.45, 2.75) is 238 Å². The highest BCUT2D eigenvalue weighted by Gasteiger charge is 2.23. The number of carbonyl (C=O) groups excluding carboxylic acids is 2. The van der Waals surface area contributed by atoms with Gasteiger partial charge in [-0.1, -0.05) is 197 Å². The monoisotopic (exact) mass is 906 g/mol. The van der Waals surface area contributed by atoms with Gasteiger partial charge in [-0.2, -0.15) is 0 Å². The fraction of sp³-hybridized carbons (Fsp3) is 0.774. The largest absolute Gasteiger partial charge is 0.472 e. The molecule has 2 unspecified atom stereocenters. The van der Waals surface area contributed by atoms with E-state index >= 15 is 0 Å². The van der Waals surface area contributed by atoms with Crippen LogP contribution in [0.25, 0.3) is 0 Å². The molecule has 0 bridgehead atoms. The minimum atomic E-state index is -4.43. The highest BCUT2D eigenvalue weighted by molar-refractivity contribution is 7.47. The summed E-state index contributed by atoms with van der Waals surface area (Å²) in [5.74, 6) is -0.545. The van der Waals surface area contributed by atoms with E-state index in [1.54, 1.807) is 0 Å². The Morgan fingerprint density at radius 1 is 0.492 bits per heavy atom. The molecule has 0 spiro atoms. The van der Waals surface area contributed by atoms with Crippen LogP contribution in [-0.2, 0) is 27.9 Å². The average Bonchev–Trinajstić information content (AvgIpc) is 3.27. The van der Waals surface area contributed by atoms with Gasteiger partial charge in [-0.25, -0.2) is 4.57 Å². The van der Waals surface area contributed by atoms with Gasteiger partial charge in [-0.3, -0.25) is 18.6 Å². The van der Waals surface area contributed by atoms with E-state index in [2.05, 4.69) is 79.9 Å². The number of hydrogen-bond acceptors (Lipinski definition) is 7. The van der Waals surface area contributed by atoms with Crippen LogP contribution in [-0.4, -0.2) is 54.3 Å². The first-order chi connectivity index (χ1) is 30.8. The number of phosphoric ester groups is 1. The highest BCUT2D eigenvalue weighted by Crippen LogP contribution is 2.42. The number of aliphatic hydroxyl groups excluding tert-OH is 1. The third-order valence-electron chi connectivity index (χ3n) is 10.9. The Bertz CT molecular complexity index is 1220. The van der Waals surface area contributed by atoms with Crippen molar-refractivity contribution in [1.29, 1.82) is 0 Å². The minimum absolute atomic E-state index is 0.0628. The molecule has 1 amide bonds. The summed E-state index contributed by atoms with van der Waals surface area (Å²) in [6.45, 7) is 3.50. The maximum Gasteiger partial charge on any atom is 0.472 e. The Morgan fingerprint density at radius 3 is 1.35 bits per heavy atom. The van der Waals surface area contributed by atoms with Gasteiger partial charge in [0.15, 0.2) is 0 Å². The van der Waals surface area contributed by atoms with Crippen LogP contribution in [0.2, 0.25) is 0 Å². The van der Waals surface area contributed by atoms with Crippen LogP contribution in [0.5, 0.6) is 0 Å². The summed E-state index contributed by atoms with van der Waals surface area (Å²) in [5.41, 5.74) is 0. The van der Waals surface area contributed by atoms with Crippen LogP contribution >= 0.6 is 7.82 Å². The number of rotatable bonds is 48. The number of amides is 1. The molecule has 366 valence electrons. The van der Waals surface area contributed by atoms with E-state index in [1.165, 1.54) is 141 Å². The van der Waals surface area contributed by atoms with Crippen LogP contribution in [0.4, 0.5) is 0 Å². The predicted octanol–water partition coefficient (Wildman–Crippen LogP) is 15.2. The maximum absolute atomic E-state index is 12.1. The zero-order valence-electron chi connectivity index (χ0n) is 40.5. The fourth-order valence-corrected chi connectivity index (χ4v) is 7.76. The van der Waals surface area contributed by atoms with Crippen molar-refractivity contribution in [1.82, 2.24) is 5.32 Å². The maximum atomic E-state index is 12.1. The summed E-state index contributed by atoms with van der Waals surface area (Å²) in [4.78, 5) is 34.1. The Balaban J connectivity index is 3.59. The number of hydrogen-bond donors (Lipinski definition) is 3. The first kappa shape index (κ1) is 60.7. The average molecular weight is 906 g/mol. The SMILES string of the molecule is CCCCC/C=C\C/C=C\C/C=C\C/C=C\CCCCCC(=O)NCCOP(=O)(O)OCC(O)COC(=O)CCCCCCCCCCCCCCC/C=C/CCCCCCCC. The lowest BCUT2D eigenvalue weighted by molar-refractivity contribution is -0.147. The molecular formula is C53H96NO8P. The van der Waals surface area contributed by atoms with Crippen molar-refractivity contribution in [3.63, 3.8) is 0 Å². The van der Waals surface area contributed by atoms with Gasteiger partial charge in [0.05, 0.1) is 13.2 Å². The van der Waals surface area contributed by atoms with Gasteiger partial charge in [-0.05, 0) is 83.5 Å². The van der Waals surface area contributed by atoms with E-state index in [9.17, 15) is 24.2 Å². The Kier molecular flexibility index (Phi) is 47.4. The van der Waals surface area contributed by atoms with Gasteiger partial charge in [-0.15, -0.1) is 0 Å². The minimum Gasteiger partial charge on any atom is -0.463 e. The van der Waals surface area contributed by atoms with E-state index in [4.69, 9.17) is 13.8 Å². The van der Waals surface area contributed by atoms with Crippen LogP contribution in [0, 0.1) is 0 Å². The molecule has 0 aliphatic rings. The lowest BCUT2D eigenvalue weighted by Gasteiger charge is -2.15. The van der Waals surface area contributed by atoms with Crippen LogP contribution in [0.1, 0.15) is 232 Å². The van der Waals surface area contributed by atoms with Crippen molar-refractivity contribution in [3.05, 3.63) is 60.8 Å².